The third-order valence-corrected chi connectivity index (χ3v) is 5.99. The molecule has 3 unspecified atom stereocenters. The Balaban J connectivity index is 1.89. The van der Waals surface area contributed by atoms with Crippen LogP contribution in [0.15, 0.2) is 55.1 Å². The number of piperidine rings is 1. The van der Waals surface area contributed by atoms with E-state index < -0.39 is 17.7 Å². The maximum absolute atomic E-state index is 13.0. The number of hydrogen-bond acceptors (Lipinski definition) is 2. The van der Waals surface area contributed by atoms with E-state index in [1.807, 2.05) is 24.3 Å². The van der Waals surface area contributed by atoms with E-state index in [2.05, 4.69) is 18.4 Å². The number of carbonyl (C=O) groups is 1. The lowest BCUT2D eigenvalue weighted by Crippen LogP contribution is -2.39. The molecule has 0 aliphatic carbocycles. The standard InChI is InChI=1S/C24H26F3NO2/c1-3-17-4-6-19(7-5-17)16(2)28-13-12-18(15-23(29)30)14-22(28)20-8-10-21(11-9-20)24(25,26)27/h3-11,16,18,22H,1,12-15H2,2H3,(H,29,30). The molecule has 1 fully saturated rings. The van der Waals surface area contributed by atoms with Crippen LogP contribution in [-0.4, -0.2) is 22.5 Å². The Morgan fingerprint density at radius 1 is 1.20 bits per heavy atom. The molecule has 2 aromatic rings. The third-order valence-electron chi connectivity index (χ3n) is 5.99. The van der Waals surface area contributed by atoms with Crippen LogP contribution in [0.1, 0.15) is 60.5 Å². The van der Waals surface area contributed by atoms with Gasteiger partial charge in [0.05, 0.1) is 5.56 Å². The maximum Gasteiger partial charge on any atom is 0.416 e. The Morgan fingerprint density at radius 3 is 2.37 bits per heavy atom. The van der Waals surface area contributed by atoms with Gasteiger partial charge >= 0.3 is 12.1 Å². The van der Waals surface area contributed by atoms with E-state index >= 15 is 0 Å². The number of hydrogen-bond donors (Lipinski definition) is 1. The van der Waals surface area contributed by atoms with Crippen molar-refractivity contribution < 1.29 is 23.1 Å². The first-order valence-electron chi connectivity index (χ1n) is 10.1. The summed E-state index contributed by atoms with van der Waals surface area (Å²) in [6, 6.07) is 13.2. The molecule has 2 aromatic carbocycles. The van der Waals surface area contributed by atoms with Crippen molar-refractivity contribution in [3.63, 3.8) is 0 Å². The second-order valence-electron chi connectivity index (χ2n) is 7.91. The Kier molecular flexibility index (Phi) is 6.66. The predicted octanol–water partition coefficient (Wildman–Crippen LogP) is 6.34. The SMILES string of the molecule is C=Cc1ccc(C(C)N2CCC(CC(=O)O)CC2c2ccc(C(F)(F)F)cc2)cc1. The number of aliphatic carboxylic acids is 1. The van der Waals surface area contributed by atoms with E-state index in [0.29, 0.717) is 13.0 Å². The van der Waals surface area contributed by atoms with Gasteiger partial charge in [-0.05, 0) is 61.1 Å². The fraction of sp³-hybridized carbons (Fsp3) is 0.375. The average molecular weight is 417 g/mol. The summed E-state index contributed by atoms with van der Waals surface area (Å²) in [4.78, 5) is 13.5. The number of alkyl halides is 3. The number of nitrogens with zero attached hydrogens (tertiary/aromatic N) is 1. The molecule has 1 saturated heterocycles. The largest absolute Gasteiger partial charge is 0.481 e. The minimum absolute atomic E-state index is 0.00128. The Morgan fingerprint density at radius 2 is 1.83 bits per heavy atom. The summed E-state index contributed by atoms with van der Waals surface area (Å²) in [7, 11) is 0. The molecule has 3 rings (SSSR count). The minimum atomic E-state index is -4.38. The van der Waals surface area contributed by atoms with E-state index in [-0.39, 0.29) is 24.4 Å². The average Bonchev–Trinajstić information content (AvgIpc) is 2.72. The fourth-order valence-corrected chi connectivity index (χ4v) is 4.28. The van der Waals surface area contributed by atoms with Crippen molar-refractivity contribution in [2.24, 2.45) is 5.92 Å². The van der Waals surface area contributed by atoms with Crippen molar-refractivity contribution >= 4 is 12.0 Å². The smallest absolute Gasteiger partial charge is 0.416 e. The number of halogens is 3. The molecule has 0 aromatic heterocycles. The van der Waals surface area contributed by atoms with Crippen molar-refractivity contribution in [1.29, 1.82) is 0 Å². The van der Waals surface area contributed by atoms with Gasteiger partial charge in [0.1, 0.15) is 0 Å². The zero-order chi connectivity index (χ0) is 21.9. The molecular formula is C24H26F3NO2. The van der Waals surface area contributed by atoms with Gasteiger partial charge in [0.25, 0.3) is 0 Å². The van der Waals surface area contributed by atoms with Crippen LogP contribution >= 0.6 is 0 Å². The van der Waals surface area contributed by atoms with Crippen LogP contribution < -0.4 is 0 Å². The molecular weight excluding hydrogens is 391 g/mol. The number of benzene rings is 2. The van der Waals surface area contributed by atoms with Gasteiger partial charge in [0, 0.05) is 18.5 Å². The summed E-state index contributed by atoms with van der Waals surface area (Å²) < 4.78 is 38.9. The fourth-order valence-electron chi connectivity index (χ4n) is 4.28. The van der Waals surface area contributed by atoms with Crippen LogP contribution in [0.25, 0.3) is 6.08 Å². The van der Waals surface area contributed by atoms with E-state index in [9.17, 15) is 23.1 Å². The zero-order valence-corrected chi connectivity index (χ0v) is 16.9. The highest BCUT2D eigenvalue weighted by atomic mass is 19.4. The Hall–Kier alpha value is -2.60. The van der Waals surface area contributed by atoms with Gasteiger partial charge in [0.2, 0.25) is 0 Å². The molecule has 0 radical (unpaired) electrons. The Bertz CT molecular complexity index is 875. The van der Waals surface area contributed by atoms with Gasteiger partial charge in [-0.2, -0.15) is 13.2 Å². The van der Waals surface area contributed by atoms with Crippen LogP contribution in [0, 0.1) is 5.92 Å². The predicted molar refractivity (Wildman–Crippen MR) is 111 cm³/mol. The lowest BCUT2D eigenvalue weighted by molar-refractivity contribution is -0.139. The highest BCUT2D eigenvalue weighted by Gasteiger charge is 2.35. The van der Waals surface area contributed by atoms with Crippen LogP contribution in [0.5, 0.6) is 0 Å². The van der Waals surface area contributed by atoms with E-state index in [4.69, 9.17) is 0 Å². The molecule has 0 spiro atoms. The summed E-state index contributed by atoms with van der Waals surface area (Å²) in [6.07, 6.45) is -1.17. The lowest BCUT2D eigenvalue weighted by atomic mass is 9.83. The molecule has 0 amide bonds. The van der Waals surface area contributed by atoms with Crippen LogP contribution in [0.2, 0.25) is 0 Å². The summed E-state index contributed by atoms with van der Waals surface area (Å²) >= 11 is 0. The van der Waals surface area contributed by atoms with Gasteiger partial charge in [-0.15, -0.1) is 0 Å². The first kappa shape index (κ1) is 22.1. The van der Waals surface area contributed by atoms with Crippen molar-refractivity contribution in [1.82, 2.24) is 4.90 Å². The molecule has 160 valence electrons. The summed E-state index contributed by atoms with van der Waals surface area (Å²) in [5, 5.41) is 9.20. The Labute approximate surface area is 174 Å². The first-order valence-corrected chi connectivity index (χ1v) is 10.1. The second-order valence-corrected chi connectivity index (χ2v) is 7.91. The first-order chi connectivity index (χ1) is 14.2. The number of likely N-dealkylation sites (tertiary alicyclic amines) is 1. The molecule has 0 bridgehead atoms. The van der Waals surface area contributed by atoms with Gasteiger partial charge in [-0.25, -0.2) is 0 Å². The molecule has 30 heavy (non-hydrogen) atoms. The summed E-state index contributed by atoms with van der Waals surface area (Å²) in [6.45, 7) is 6.53. The summed E-state index contributed by atoms with van der Waals surface area (Å²) in [5.74, 6) is -0.839. The highest BCUT2D eigenvalue weighted by molar-refractivity contribution is 5.67. The van der Waals surface area contributed by atoms with Crippen molar-refractivity contribution in [3.05, 3.63) is 77.4 Å². The molecule has 6 heteroatoms. The lowest BCUT2D eigenvalue weighted by Gasteiger charge is -2.43. The van der Waals surface area contributed by atoms with Crippen LogP contribution in [0.3, 0.4) is 0 Å². The molecule has 3 atom stereocenters. The van der Waals surface area contributed by atoms with Crippen molar-refractivity contribution in [2.45, 2.75) is 44.4 Å². The van der Waals surface area contributed by atoms with E-state index in [1.165, 1.54) is 12.1 Å². The minimum Gasteiger partial charge on any atom is -0.481 e. The van der Waals surface area contributed by atoms with Crippen LogP contribution in [-0.2, 0) is 11.0 Å². The monoisotopic (exact) mass is 417 g/mol. The molecule has 1 heterocycles. The number of rotatable bonds is 6. The zero-order valence-electron chi connectivity index (χ0n) is 16.9. The van der Waals surface area contributed by atoms with Crippen molar-refractivity contribution in [3.8, 4) is 0 Å². The second kappa shape index (κ2) is 9.04. The number of carboxylic acid groups (broad SMARTS) is 1. The van der Waals surface area contributed by atoms with Gasteiger partial charge in [-0.3, -0.25) is 9.69 Å². The molecule has 1 aliphatic heterocycles. The topological polar surface area (TPSA) is 40.5 Å². The van der Waals surface area contributed by atoms with Gasteiger partial charge in [0.15, 0.2) is 0 Å². The molecule has 0 saturated carbocycles. The third kappa shape index (κ3) is 5.11. The maximum atomic E-state index is 13.0. The molecule has 1 N–H and O–H groups in total. The van der Waals surface area contributed by atoms with Gasteiger partial charge < -0.3 is 5.11 Å². The summed E-state index contributed by atoms with van der Waals surface area (Å²) in [5.41, 5.74) is 2.23. The normalized spacial score (nSPS) is 21.2. The van der Waals surface area contributed by atoms with Crippen LogP contribution in [0.4, 0.5) is 13.2 Å². The van der Waals surface area contributed by atoms with E-state index in [0.717, 1.165) is 35.2 Å². The molecule has 3 nitrogen and oxygen atoms in total. The van der Waals surface area contributed by atoms with Gasteiger partial charge in [-0.1, -0.05) is 49.1 Å². The quantitative estimate of drug-likeness (QED) is 0.596. The molecule has 1 aliphatic rings. The highest BCUT2D eigenvalue weighted by Crippen LogP contribution is 2.41. The van der Waals surface area contributed by atoms with E-state index in [1.54, 1.807) is 6.08 Å². The number of carboxylic acids is 1. The van der Waals surface area contributed by atoms with Crippen molar-refractivity contribution in [2.75, 3.05) is 6.54 Å².